The lowest BCUT2D eigenvalue weighted by atomic mass is 9.92. The summed E-state index contributed by atoms with van der Waals surface area (Å²) in [5.41, 5.74) is 2.45. The topological polar surface area (TPSA) is 107 Å². The van der Waals surface area contributed by atoms with Gasteiger partial charge < -0.3 is 15.5 Å². The fourth-order valence-electron chi connectivity index (χ4n) is 4.51. The molecule has 8 nitrogen and oxygen atoms in total. The third-order valence-electron chi connectivity index (χ3n) is 6.28. The molecule has 0 bridgehead atoms. The van der Waals surface area contributed by atoms with Crippen LogP contribution in [0.5, 0.6) is 0 Å². The van der Waals surface area contributed by atoms with Crippen LogP contribution in [-0.4, -0.2) is 34.4 Å². The summed E-state index contributed by atoms with van der Waals surface area (Å²) in [7, 11) is 0. The minimum Gasteiger partial charge on any atom is -0.339 e. The predicted octanol–water partition coefficient (Wildman–Crippen LogP) is 3.22. The third-order valence-corrected chi connectivity index (χ3v) is 6.28. The molecule has 0 spiro atoms. The van der Waals surface area contributed by atoms with Gasteiger partial charge in [-0.15, -0.1) is 0 Å². The standard InChI is InChI=1S/C23H29N5O3/c1-4-15-7-5-6-10-28(15)23-26-20-19(22(31)27-23)16(12-18(29)25-20)21(30)24-17-11-13(2)8-9-14(17)3/h8-9,11,15-16H,4-7,10,12H2,1-3H3,(H,24,30)(H2,25,26,27,29,31). The predicted molar refractivity (Wildman–Crippen MR) is 121 cm³/mol. The van der Waals surface area contributed by atoms with Gasteiger partial charge >= 0.3 is 0 Å². The molecule has 2 aliphatic heterocycles. The molecule has 164 valence electrons. The van der Waals surface area contributed by atoms with Crippen LogP contribution in [0.1, 0.15) is 61.6 Å². The van der Waals surface area contributed by atoms with Gasteiger partial charge in [-0.05, 0) is 56.7 Å². The molecule has 4 rings (SSSR count). The fraction of sp³-hybridized carbons (Fsp3) is 0.478. The maximum atomic E-state index is 13.1. The lowest BCUT2D eigenvalue weighted by Crippen LogP contribution is -2.43. The number of nitrogens with zero attached hydrogens (tertiary/aromatic N) is 2. The number of carbonyl (C=O) groups is 2. The Labute approximate surface area is 181 Å². The molecule has 1 fully saturated rings. The second-order valence-corrected chi connectivity index (χ2v) is 8.52. The number of amides is 2. The van der Waals surface area contributed by atoms with E-state index >= 15 is 0 Å². The number of aryl methyl sites for hydroxylation is 2. The quantitative estimate of drug-likeness (QED) is 0.700. The average molecular weight is 424 g/mol. The fourth-order valence-corrected chi connectivity index (χ4v) is 4.51. The van der Waals surface area contributed by atoms with Crippen LogP contribution < -0.4 is 21.1 Å². The van der Waals surface area contributed by atoms with Crippen LogP contribution in [0.25, 0.3) is 0 Å². The van der Waals surface area contributed by atoms with Gasteiger partial charge in [0.25, 0.3) is 5.56 Å². The smallest absolute Gasteiger partial charge is 0.258 e. The van der Waals surface area contributed by atoms with Gasteiger partial charge in [0, 0.05) is 24.7 Å². The molecule has 8 heteroatoms. The second-order valence-electron chi connectivity index (χ2n) is 8.52. The highest BCUT2D eigenvalue weighted by Gasteiger charge is 2.36. The number of anilines is 3. The van der Waals surface area contributed by atoms with E-state index in [2.05, 4.69) is 32.4 Å². The first kappa shape index (κ1) is 21.1. The summed E-state index contributed by atoms with van der Waals surface area (Å²) >= 11 is 0. The van der Waals surface area contributed by atoms with E-state index in [1.807, 2.05) is 32.0 Å². The average Bonchev–Trinajstić information content (AvgIpc) is 2.75. The number of piperidine rings is 1. The monoisotopic (exact) mass is 423 g/mol. The molecular formula is C23H29N5O3. The minimum atomic E-state index is -0.891. The van der Waals surface area contributed by atoms with Crippen molar-refractivity contribution >= 4 is 29.3 Å². The number of benzene rings is 1. The molecule has 2 aliphatic rings. The van der Waals surface area contributed by atoms with Gasteiger partial charge in [-0.1, -0.05) is 19.1 Å². The van der Waals surface area contributed by atoms with Crippen LogP contribution in [0, 0.1) is 13.8 Å². The van der Waals surface area contributed by atoms with Gasteiger partial charge in [0.1, 0.15) is 5.82 Å². The largest absolute Gasteiger partial charge is 0.339 e. The number of hydrogen-bond donors (Lipinski definition) is 3. The molecule has 2 atom stereocenters. The molecule has 3 N–H and O–H groups in total. The zero-order valence-corrected chi connectivity index (χ0v) is 18.2. The Bertz CT molecular complexity index is 1080. The number of hydrogen-bond acceptors (Lipinski definition) is 5. The summed E-state index contributed by atoms with van der Waals surface area (Å²) in [6.45, 7) is 6.78. The molecule has 2 amide bonds. The van der Waals surface area contributed by atoms with E-state index in [-0.39, 0.29) is 35.2 Å². The summed E-state index contributed by atoms with van der Waals surface area (Å²) in [5, 5.41) is 5.60. The van der Waals surface area contributed by atoms with Crippen LogP contribution in [0.15, 0.2) is 23.0 Å². The molecule has 1 saturated heterocycles. The van der Waals surface area contributed by atoms with Crippen molar-refractivity contribution in [3.05, 3.63) is 45.2 Å². The first-order valence-corrected chi connectivity index (χ1v) is 11.0. The number of nitrogens with one attached hydrogen (secondary N) is 3. The van der Waals surface area contributed by atoms with E-state index in [0.29, 0.717) is 17.7 Å². The number of H-pyrrole nitrogens is 1. The molecule has 1 aromatic carbocycles. The van der Waals surface area contributed by atoms with E-state index in [1.54, 1.807) is 0 Å². The number of rotatable bonds is 4. The maximum Gasteiger partial charge on any atom is 0.258 e. The van der Waals surface area contributed by atoms with Crippen LogP contribution in [0.3, 0.4) is 0 Å². The second kappa shape index (κ2) is 8.53. The Morgan fingerprint density at radius 2 is 2.06 bits per heavy atom. The van der Waals surface area contributed by atoms with Crippen LogP contribution in [0.2, 0.25) is 0 Å². The summed E-state index contributed by atoms with van der Waals surface area (Å²) in [4.78, 5) is 48.1. The molecule has 2 unspecified atom stereocenters. The van der Waals surface area contributed by atoms with Crippen molar-refractivity contribution in [2.75, 3.05) is 22.1 Å². The van der Waals surface area contributed by atoms with Gasteiger partial charge in [0.2, 0.25) is 17.8 Å². The SMILES string of the molecule is CCC1CCCCN1c1nc2c(c(=O)[nH]1)C(C(=O)Nc1cc(C)ccc1C)CC(=O)N2. The summed E-state index contributed by atoms with van der Waals surface area (Å²) in [6, 6.07) is 6.08. The molecule has 3 heterocycles. The number of carbonyl (C=O) groups excluding carboxylic acids is 2. The highest BCUT2D eigenvalue weighted by atomic mass is 16.2. The first-order valence-electron chi connectivity index (χ1n) is 11.0. The molecule has 0 radical (unpaired) electrons. The lowest BCUT2D eigenvalue weighted by molar-refractivity contribution is -0.123. The zero-order valence-electron chi connectivity index (χ0n) is 18.2. The van der Waals surface area contributed by atoms with Crippen molar-refractivity contribution in [3.63, 3.8) is 0 Å². The molecule has 2 aromatic rings. The molecule has 1 aromatic heterocycles. The van der Waals surface area contributed by atoms with Gasteiger partial charge in [-0.25, -0.2) is 0 Å². The van der Waals surface area contributed by atoms with Gasteiger partial charge in [0.15, 0.2) is 0 Å². The van der Waals surface area contributed by atoms with Crippen molar-refractivity contribution in [1.82, 2.24) is 9.97 Å². The van der Waals surface area contributed by atoms with E-state index in [9.17, 15) is 14.4 Å². The minimum absolute atomic E-state index is 0.0882. The van der Waals surface area contributed by atoms with Crippen molar-refractivity contribution < 1.29 is 9.59 Å². The van der Waals surface area contributed by atoms with E-state index < -0.39 is 5.92 Å². The number of fused-ring (bicyclic) bond motifs is 1. The van der Waals surface area contributed by atoms with Crippen LogP contribution >= 0.6 is 0 Å². The summed E-state index contributed by atoms with van der Waals surface area (Å²) in [5.74, 6) is -0.933. The van der Waals surface area contributed by atoms with Crippen LogP contribution in [-0.2, 0) is 9.59 Å². The number of aromatic amines is 1. The Morgan fingerprint density at radius 3 is 2.84 bits per heavy atom. The summed E-state index contributed by atoms with van der Waals surface area (Å²) in [6.07, 6.45) is 4.10. The molecule has 0 saturated carbocycles. The first-order chi connectivity index (χ1) is 14.9. The van der Waals surface area contributed by atoms with E-state index in [1.165, 1.54) is 0 Å². The normalized spacial score (nSPS) is 20.7. The summed E-state index contributed by atoms with van der Waals surface area (Å²) < 4.78 is 0. The molecule has 31 heavy (non-hydrogen) atoms. The Balaban J connectivity index is 1.67. The highest BCUT2D eigenvalue weighted by Crippen LogP contribution is 2.32. The van der Waals surface area contributed by atoms with Gasteiger partial charge in [-0.2, -0.15) is 4.98 Å². The Kier molecular flexibility index (Phi) is 5.80. The highest BCUT2D eigenvalue weighted by molar-refractivity contribution is 6.04. The Morgan fingerprint density at radius 1 is 1.26 bits per heavy atom. The van der Waals surface area contributed by atoms with Crippen molar-refractivity contribution in [2.45, 2.75) is 64.8 Å². The maximum absolute atomic E-state index is 13.1. The van der Waals surface area contributed by atoms with Gasteiger partial charge in [-0.3, -0.25) is 19.4 Å². The van der Waals surface area contributed by atoms with Crippen LogP contribution in [0.4, 0.5) is 17.5 Å². The molecular weight excluding hydrogens is 394 g/mol. The Hall–Kier alpha value is -3.16. The van der Waals surface area contributed by atoms with E-state index in [0.717, 1.165) is 43.4 Å². The number of aromatic nitrogens is 2. The van der Waals surface area contributed by atoms with E-state index in [4.69, 9.17) is 0 Å². The lowest BCUT2D eigenvalue weighted by Gasteiger charge is -2.36. The van der Waals surface area contributed by atoms with Crippen molar-refractivity contribution in [3.8, 4) is 0 Å². The zero-order chi connectivity index (χ0) is 22.1. The van der Waals surface area contributed by atoms with Gasteiger partial charge in [0.05, 0.1) is 11.5 Å². The molecule has 0 aliphatic carbocycles. The third kappa shape index (κ3) is 4.19. The van der Waals surface area contributed by atoms with Crippen molar-refractivity contribution in [1.29, 1.82) is 0 Å². The van der Waals surface area contributed by atoms with Crippen molar-refractivity contribution in [2.24, 2.45) is 0 Å².